The molecule has 0 bridgehead atoms. The third-order valence-electron chi connectivity index (χ3n) is 5.41. The topological polar surface area (TPSA) is 49.2 Å². The molecule has 2 rings (SSSR count). The Bertz CT molecular complexity index is 665. The average molecular weight is 327 g/mol. The Labute approximate surface area is 145 Å². The SMILES string of the molecule is C=C(CCC)C1(C)C(C)=CC[C@H]1N(C)C(=N)c1cccc(OC)n1. The first-order chi connectivity index (χ1) is 11.4. The summed E-state index contributed by atoms with van der Waals surface area (Å²) in [6.07, 6.45) is 5.31. The number of hydrogen-bond acceptors (Lipinski definition) is 3. The van der Waals surface area contributed by atoms with Crippen molar-refractivity contribution in [3.05, 3.63) is 47.7 Å². The fourth-order valence-electron chi connectivity index (χ4n) is 3.62. The van der Waals surface area contributed by atoms with Crippen LogP contribution in [0.2, 0.25) is 0 Å². The van der Waals surface area contributed by atoms with Crippen molar-refractivity contribution in [3.8, 4) is 5.88 Å². The highest BCUT2D eigenvalue weighted by Crippen LogP contribution is 2.47. The van der Waals surface area contributed by atoms with E-state index >= 15 is 0 Å². The number of rotatable bonds is 6. The van der Waals surface area contributed by atoms with Gasteiger partial charge in [0.05, 0.1) is 7.11 Å². The predicted molar refractivity (Wildman–Crippen MR) is 99.7 cm³/mol. The van der Waals surface area contributed by atoms with E-state index in [0.29, 0.717) is 17.4 Å². The van der Waals surface area contributed by atoms with Gasteiger partial charge in [0.2, 0.25) is 5.88 Å². The Morgan fingerprint density at radius 2 is 2.21 bits per heavy atom. The van der Waals surface area contributed by atoms with Crippen molar-refractivity contribution in [3.63, 3.8) is 0 Å². The minimum Gasteiger partial charge on any atom is -0.481 e. The number of ether oxygens (including phenoxy) is 1. The summed E-state index contributed by atoms with van der Waals surface area (Å²) in [5.41, 5.74) is 3.13. The summed E-state index contributed by atoms with van der Waals surface area (Å²) in [5, 5.41) is 8.61. The zero-order valence-corrected chi connectivity index (χ0v) is 15.5. The van der Waals surface area contributed by atoms with E-state index in [1.807, 2.05) is 24.1 Å². The van der Waals surface area contributed by atoms with Gasteiger partial charge in [-0.1, -0.05) is 50.1 Å². The smallest absolute Gasteiger partial charge is 0.213 e. The zero-order chi connectivity index (χ0) is 17.9. The van der Waals surface area contributed by atoms with Crippen molar-refractivity contribution in [2.45, 2.75) is 46.1 Å². The van der Waals surface area contributed by atoms with Crippen LogP contribution in [0.25, 0.3) is 0 Å². The summed E-state index contributed by atoms with van der Waals surface area (Å²) in [7, 11) is 3.58. The third kappa shape index (κ3) is 3.10. The Kier molecular flexibility index (Phi) is 5.47. The maximum absolute atomic E-state index is 8.61. The lowest BCUT2D eigenvalue weighted by atomic mass is 9.72. The van der Waals surface area contributed by atoms with Gasteiger partial charge in [0.15, 0.2) is 0 Å². The molecule has 1 aromatic rings. The van der Waals surface area contributed by atoms with Crippen molar-refractivity contribution >= 4 is 5.84 Å². The Morgan fingerprint density at radius 3 is 2.83 bits per heavy atom. The molecule has 0 saturated carbocycles. The van der Waals surface area contributed by atoms with Gasteiger partial charge in [-0.05, 0) is 25.8 Å². The monoisotopic (exact) mass is 327 g/mol. The first-order valence-electron chi connectivity index (χ1n) is 8.54. The molecule has 1 heterocycles. The minimum atomic E-state index is -0.101. The Balaban J connectivity index is 2.29. The fraction of sp³-hybridized carbons (Fsp3) is 0.500. The molecule has 0 aliphatic heterocycles. The van der Waals surface area contributed by atoms with Crippen molar-refractivity contribution in [2.24, 2.45) is 5.41 Å². The molecule has 0 amide bonds. The number of nitrogens with one attached hydrogen (secondary N) is 1. The Hall–Kier alpha value is -2.10. The van der Waals surface area contributed by atoms with Crippen molar-refractivity contribution in [1.82, 2.24) is 9.88 Å². The van der Waals surface area contributed by atoms with Crippen LogP contribution in [0.5, 0.6) is 5.88 Å². The molecule has 0 radical (unpaired) electrons. The van der Waals surface area contributed by atoms with Crippen molar-refractivity contribution in [2.75, 3.05) is 14.2 Å². The summed E-state index contributed by atoms with van der Waals surface area (Å²) < 4.78 is 5.19. The largest absolute Gasteiger partial charge is 0.481 e. The molecule has 1 unspecified atom stereocenters. The molecule has 4 heteroatoms. The number of amidine groups is 1. The molecule has 0 spiro atoms. The lowest BCUT2D eigenvalue weighted by Crippen LogP contribution is -2.46. The van der Waals surface area contributed by atoms with Crippen LogP contribution < -0.4 is 4.74 Å². The molecule has 0 fully saturated rings. The van der Waals surface area contributed by atoms with Crippen LogP contribution in [0.1, 0.15) is 45.7 Å². The molecule has 1 aliphatic carbocycles. The predicted octanol–water partition coefficient (Wildman–Crippen LogP) is 4.43. The van der Waals surface area contributed by atoms with E-state index in [1.165, 1.54) is 11.1 Å². The average Bonchev–Trinajstić information content (AvgIpc) is 2.90. The molecule has 0 saturated heterocycles. The van der Waals surface area contributed by atoms with Gasteiger partial charge in [0, 0.05) is 24.6 Å². The molecular weight excluding hydrogens is 298 g/mol. The standard InChI is InChI=1S/C20H29N3O/c1-7-9-14(2)20(4)15(3)12-13-17(20)23(5)19(21)16-10-8-11-18(22-16)24-6/h8,10-12,17,21H,2,7,9,13H2,1,3-6H3/t17-,20?/m1/s1. The highest BCUT2D eigenvalue weighted by Gasteiger charge is 2.44. The molecule has 2 atom stereocenters. The highest BCUT2D eigenvalue weighted by molar-refractivity contribution is 5.94. The molecule has 24 heavy (non-hydrogen) atoms. The number of hydrogen-bond donors (Lipinski definition) is 1. The van der Waals surface area contributed by atoms with Gasteiger partial charge in [0.1, 0.15) is 11.5 Å². The number of pyridine rings is 1. The van der Waals surface area contributed by atoms with Gasteiger partial charge in [0.25, 0.3) is 0 Å². The van der Waals surface area contributed by atoms with E-state index in [9.17, 15) is 0 Å². The third-order valence-corrected chi connectivity index (χ3v) is 5.41. The van der Waals surface area contributed by atoms with Crippen LogP contribution in [0.4, 0.5) is 0 Å². The number of aromatic nitrogens is 1. The highest BCUT2D eigenvalue weighted by atomic mass is 16.5. The van der Waals surface area contributed by atoms with E-state index in [1.54, 1.807) is 13.2 Å². The van der Waals surface area contributed by atoms with Crippen LogP contribution >= 0.6 is 0 Å². The number of methoxy groups -OCH3 is 1. The molecule has 4 nitrogen and oxygen atoms in total. The van der Waals surface area contributed by atoms with E-state index in [0.717, 1.165) is 19.3 Å². The maximum atomic E-state index is 8.61. The van der Waals surface area contributed by atoms with Crippen molar-refractivity contribution < 1.29 is 4.74 Å². The lowest BCUT2D eigenvalue weighted by molar-refractivity contribution is 0.239. The summed E-state index contributed by atoms with van der Waals surface area (Å²) >= 11 is 0. The Morgan fingerprint density at radius 1 is 1.50 bits per heavy atom. The normalized spacial score (nSPS) is 22.9. The molecule has 0 aromatic carbocycles. The fourth-order valence-corrected chi connectivity index (χ4v) is 3.62. The van der Waals surface area contributed by atoms with E-state index < -0.39 is 0 Å². The van der Waals surface area contributed by atoms with Crippen LogP contribution in [-0.4, -0.2) is 35.9 Å². The second-order valence-electron chi connectivity index (χ2n) is 6.72. The zero-order valence-electron chi connectivity index (χ0n) is 15.5. The van der Waals surface area contributed by atoms with Gasteiger partial charge in [-0.25, -0.2) is 4.98 Å². The lowest BCUT2D eigenvalue weighted by Gasteiger charge is -2.42. The van der Waals surface area contributed by atoms with Crippen LogP contribution in [0.15, 0.2) is 42.0 Å². The quantitative estimate of drug-likeness (QED) is 0.478. The van der Waals surface area contributed by atoms with Gasteiger partial charge in [-0.15, -0.1) is 0 Å². The van der Waals surface area contributed by atoms with Crippen LogP contribution in [0, 0.1) is 10.8 Å². The van der Waals surface area contributed by atoms with Crippen LogP contribution in [-0.2, 0) is 0 Å². The van der Waals surface area contributed by atoms with E-state index in [-0.39, 0.29) is 11.5 Å². The van der Waals surface area contributed by atoms with E-state index in [2.05, 4.69) is 38.4 Å². The van der Waals surface area contributed by atoms with Crippen molar-refractivity contribution in [1.29, 1.82) is 5.41 Å². The molecule has 1 aromatic heterocycles. The summed E-state index contributed by atoms with van der Waals surface area (Å²) in [4.78, 5) is 6.44. The van der Waals surface area contributed by atoms with Crippen LogP contribution in [0.3, 0.4) is 0 Å². The second kappa shape index (κ2) is 7.20. The maximum Gasteiger partial charge on any atom is 0.213 e. The first-order valence-corrected chi connectivity index (χ1v) is 8.54. The molecule has 1 aliphatic rings. The second-order valence-corrected chi connectivity index (χ2v) is 6.72. The minimum absolute atomic E-state index is 0.101. The van der Waals surface area contributed by atoms with Gasteiger partial charge >= 0.3 is 0 Å². The summed E-state index contributed by atoms with van der Waals surface area (Å²) in [6.45, 7) is 11.0. The molecule has 1 N–H and O–H groups in total. The van der Waals surface area contributed by atoms with Gasteiger partial charge in [-0.3, -0.25) is 5.41 Å². The summed E-state index contributed by atoms with van der Waals surface area (Å²) in [6, 6.07) is 5.72. The van der Waals surface area contributed by atoms with Gasteiger partial charge < -0.3 is 9.64 Å². The van der Waals surface area contributed by atoms with Gasteiger partial charge in [-0.2, -0.15) is 0 Å². The summed E-state index contributed by atoms with van der Waals surface area (Å²) in [5.74, 6) is 0.946. The first kappa shape index (κ1) is 18.2. The van der Waals surface area contributed by atoms with E-state index in [4.69, 9.17) is 10.1 Å². The molecular formula is C20H29N3O. The number of nitrogens with zero attached hydrogens (tertiary/aromatic N) is 2. The molecule has 130 valence electrons.